The molecule has 0 bridgehead atoms. The molecule has 186 valence electrons. The van der Waals surface area contributed by atoms with Crippen LogP contribution < -0.4 is 5.43 Å². The van der Waals surface area contributed by atoms with Crippen LogP contribution in [0.15, 0.2) is 114 Å². The number of non-ortho nitro benzene ring substituents is 1. The van der Waals surface area contributed by atoms with E-state index in [-0.39, 0.29) is 11.4 Å². The number of nitro groups is 1. The minimum Gasteiger partial charge on any atom is -0.265 e. The average Bonchev–Trinajstić information content (AvgIpc) is 3.39. The van der Waals surface area contributed by atoms with Crippen molar-refractivity contribution >= 4 is 17.8 Å². The zero-order chi connectivity index (χ0) is 26.5. The molecule has 1 aromatic heterocycles. The zero-order valence-corrected chi connectivity index (χ0v) is 20.5. The van der Waals surface area contributed by atoms with Crippen LogP contribution in [0.1, 0.15) is 21.6 Å². The number of carbonyl (C=O) groups is 1. The Morgan fingerprint density at radius 1 is 0.868 bits per heavy atom. The van der Waals surface area contributed by atoms with Crippen LogP contribution in [0, 0.1) is 17.0 Å². The van der Waals surface area contributed by atoms with Gasteiger partial charge in [-0.2, -0.15) is 10.2 Å². The molecule has 38 heavy (non-hydrogen) atoms. The topological polar surface area (TPSA) is 102 Å². The van der Waals surface area contributed by atoms with Gasteiger partial charge in [0.2, 0.25) is 0 Å². The second-order valence-corrected chi connectivity index (χ2v) is 8.60. The predicted octanol–water partition coefficient (Wildman–Crippen LogP) is 6.19. The van der Waals surface area contributed by atoms with Gasteiger partial charge in [-0.1, -0.05) is 72.8 Å². The number of carbonyl (C=O) groups excluding carboxylic acids is 1. The number of aromatic nitrogens is 2. The fourth-order valence-electron chi connectivity index (χ4n) is 4.05. The van der Waals surface area contributed by atoms with Gasteiger partial charge >= 0.3 is 0 Å². The summed E-state index contributed by atoms with van der Waals surface area (Å²) >= 11 is 0. The molecule has 5 rings (SSSR count). The van der Waals surface area contributed by atoms with Gasteiger partial charge in [0.05, 0.1) is 22.5 Å². The van der Waals surface area contributed by atoms with Crippen LogP contribution in [0.3, 0.4) is 0 Å². The number of para-hydroxylation sites is 1. The van der Waals surface area contributed by atoms with Crippen molar-refractivity contribution in [2.45, 2.75) is 6.92 Å². The first-order valence-corrected chi connectivity index (χ1v) is 11.9. The molecule has 0 atom stereocenters. The maximum Gasteiger partial charge on any atom is 0.291 e. The van der Waals surface area contributed by atoms with Crippen molar-refractivity contribution in [2.75, 3.05) is 0 Å². The van der Waals surface area contributed by atoms with E-state index in [0.29, 0.717) is 5.56 Å². The van der Waals surface area contributed by atoms with E-state index in [0.717, 1.165) is 33.6 Å². The summed E-state index contributed by atoms with van der Waals surface area (Å²) in [6, 6.07) is 33.7. The lowest BCUT2D eigenvalue weighted by Crippen LogP contribution is -2.18. The Labute approximate surface area is 219 Å². The van der Waals surface area contributed by atoms with Crippen LogP contribution in [0.5, 0.6) is 0 Å². The number of hydrogen-bond donors (Lipinski definition) is 1. The van der Waals surface area contributed by atoms with Crippen molar-refractivity contribution < 1.29 is 9.72 Å². The molecular weight excluding hydrogens is 478 g/mol. The fourth-order valence-corrected chi connectivity index (χ4v) is 4.05. The lowest BCUT2D eigenvalue weighted by molar-refractivity contribution is -0.384. The highest BCUT2D eigenvalue weighted by atomic mass is 16.6. The third kappa shape index (κ3) is 5.24. The molecule has 0 fully saturated rings. The van der Waals surface area contributed by atoms with E-state index in [1.807, 2.05) is 73.7 Å². The van der Waals surface area contributed by atoms with Crippen LogP contribution in [0.2, 0.25) is 0 Å². The lowest BCUT2D eigenvalue weighted by atomic mass is 10.0. The first-order chi connectivity index (χ1) is 18.5. The van der Waals surface area contributed by atoms with E-state index in [9.17, 15) is 14.9 Å². The van der Waals surface area contributed by atoms with Gasteiger partial charge in [0.25, 0.3) is 11.6 Å². The molecule has 0 aliphatic carbocycles. The maximum atomic E-state index is 12.9. The largest absolute Gasteiger partial charge is 0.291 e. The Morgan fingerprint density at radius 3 is 2.18 bits per heavy atom. The minimum atomic E-state index is -0.474. The Hall–Kier alpha value is -5.37. The third-order valence-electron chi connectivity index (χ3n) is 6.06. The number of nitrogens with zero attached hydrogens (tertiary/aromatic N) is 4. The highest BCUT2D eigenvalue weighted by Crippen LogP contribution is 2.28. The van der Waals surface area contributed by atoms with Gasteiger partial charge in [-0.25, -0.2) is 10.1 Å². The maximum absolute atomic E-state index is 12.9. The first kappa shape index (κ1) is 24.3. The summed E-state index contributed by atoms with van der Waals surface area (Å²) in [7, 11) is 0. The number of rotatable bonds is 7. The molecule has 8 nitrogen and oxygen atoms in total. The van der Waals surface area contributed by atoms with E-state index in [2.05, 4.69) is 27.8 Å². The number of benzene rings is 4. The van der Waals surface area contributed by atoms with Crippen molar-refractivity contribution in [3.63, 3.8) is 0 Å². The standard InChI is InChI=1S/C30H23N5O3/c1-21-7-5-6-10-28(21)34-29(25-15-13-24(14-16-25)23-8-3-2-4-9-23)19-27(33-34)30(36)32-31-20-22-11-17-26(18-12-22)35(37)38/h2-20H,1H3,(H,32,36)/b31-20-. The highest BCUT2D eigenvalue weighted by molar-refractivity contribution is 5.94. The number of amides is 1. The minimum absolute atomic E-state index is 0.0164. The van der Waals surface area contributed by atoms with Gasteiger partial charge in [0.1, 0.15) is 0 Å². The highest BCUT2D eigenvalue weighted by Gasteiger charge is 2.18. The molecule has 1 heterocycles. The second kappa shape index (κ2) is 10.7. The molecule has 1 amide bonds. The van der Waals surface area contributed by atoms with Crippen molar-refractivity contribution in [3.05, 3.63) is 136 Å². The summed E-state index contributed by atoms with van der Waals surface area (Å²) in [6.07, 6.45) is 1.42. The predicted molar refractivity (Wildman–Crippen MR) is 147 cm³/mol. The van der Waals surface area contributed by atoms with Crippen LogP contribution in [-0.4, -0.2) is 26.8 Å². The van der Waals surface area contributed by atoms with Crippen molar-refractivity contribution in [1.82, 2.24) is 15.2 Å². The monoisotopic (exact) mass is 501 g/mol. The Kier molecular flexibility index (Phi) is 6.86. The van der Waals surface area contributed by atoms with Gasteiger partial charge in [-0.05, 0) is 53.4 Å². The number of nitro benzene ring substituents is 1. The quantitative estimate of drug-likeness (QED) is 0.163. The molecule has 4 aromatic carbocycles. The van der Waals surface area contributed by atoms with Gasteiger partial charge in [0.15, 0.2) is 5.69 Å². The molecule has 1 N–H and O–H groups in total. The molecule has 0 unspecified atom stereocenters. The zero-order valence-electron chi connectivity index (χ0n) is 20.5. The molecule has 0 saturated heterocycles. The summed E-state index contributed by atoms with van der Waals surface area (Å²) in [4.78, 5) is 23.3. The van der Waals surface area contributed by atoms with E-state index < -0.39 is 10.8 Å². The van der Waals surface area contributed by atoms with Crippen molar-refractivity contribution in [1.29, 1.82) is 0 Å². The molecule has 0 spiro atoms. The smallest absolute Gasteiger partial charge is 0.265 e. The Balaban J connectivity index is 1.43. The van der Waals surface area contributed by atoms with Gasteiger partial charge in [-0.3, -0.25) is 14.9 Å². The van der Waals surface area contributed by atoms with Crippen LogP contribution in [0.25, 0.3) is 28.1 Å². The second-order valence-electron chi connectivity index (χ2n) is 8.60. The van der Waals surface area contributed by atoms with Crippen molar-refractivity contribution in [2.24, 2.45) is 5.10 Å². The molecule has 5 aromatic rings. The van der Waals surface area contributed by atoms with Gasteiger partial charge < -0.3 is 0 Å². The molecule has 8 heteroatoms. The summed E-state index contributed by atoms with van der Waals surface area (Å²) in [5.41, 5.74) is 9.07. The van der Waals surface area contributed by atoms with E-state index in [1.165, 1.54) is 18.3 Å². The van der Waals surface area contributed by atoms with Gasteiger partial charge in [0, 0.05) is 17.7 Å². The third-order valence-corrected chi connectivity index (χ3v) is 6.06. The van der Waals surface area contributed by atoms with Crippen LogP contribution in [0.4, 0.5) is 5.69 Å². The molecule has 0 aliphatic rings. The normalized spacial score (nSPS) is 11.0. The summed E-state index contributed by atoms with van der Waals surface area (Å²) in [5, 5.41) is 19.4. The number of hydrazone groups is 1. The number of hydrogen-bond acceptors (Lipinski definition) is 5. The Morgan fingerprint density at radius 2 is 1.50 bits per heavy atom. The Bertz CT molecular complexity index is 1620. The molecular formula is C30H23N5O3. The average molecular weight is 502 g/mol. The molecule has 0 aliphatic heterocycles. The van der Waals surface area contributed by atoms with E-state index >= 15 is 0 Å². The van der Waals surface area contributed by atoms with Crippen molar-refractivity contribution in [3.8, 4) is 28.1 Å². The fraction of sp³-hybridized carbons (Fsp3) is 0.0333. The van der Waals surface area contributed by atoms with E-state index in [1.54, 1.807) is 22.9 Å². The molecule has 0 radical (unpaired) electrons. The lowest BCUT2D eigenvalue weighted by Gasteiger charge is -2.11. The van der Waals surface area contributed by atoms with Crippen LogP contribution in [-0.2, 0) is 0 Å². The van der Waals surface area contributed by atoms with Gasteiger partial charge in [-0.15, -0.1) is 0 Å². The molecule has 0 saturated carbocycles. The SMILES string of the molecule is Cc1ccccc1-n1nc(C(=O)N/N=C\c2ccc([N+](=O)[O-])cc2)cc1-c1ccc(-c2ccccc2)cc1. The summed E-state index contributed by atoms with van der Waals surface area (Å²) in [5.74, 6) is -0.474. The number of aryl methyl sites for hydroxylation is 1. The summed E-state index contributed by atoms with van der Waals surface area (Å²) < 4.78 is 1.77. The first-order valence-electron chi connectivity index (χ1n) is 11.9. The van der Waals surface area contributed by atoms with E-state index in [4.69, 9.17) is 0 Å². The van der Waals surface area contributed by atoms with Crippen LogP contribution >= 0.6 is 0 Å². The number of nitrogens with one attached hydrogen (secondary N) is 1. The summed E-state index contributed by atoms with van der Waals surface area (Å²) in [6.45, 7) is 1.99.